The molecule has 1 rings (SSSR count). The molecule has 1 saturated carbocycles. The zero-order valence-corrected chi connectivity index (χ0v) is 11.4. The smallest absolute Gasteiger partial charge is 0.169 e. The van der Waals surface area contributed by atoms with E-state index in [0.29, 0.717) is 23.7 Å². The molecule has 0 amide bonds. The van der Waals surface area contributed by atoms with Crippen LogP contribution < -0.4 is 0 Å². The molecule has 2 unspecified atom stereocenters. The minimum Gasteiger partial charge on any atom is -0.299 e. The van der Waals surface area contributed by atoms with Crippen molar-refractivity contribution in [1.29, 1.82) is 0 Å². The molecular weight excluding hydrogens is 232 g/mol. The number of hydrogen-bond donors (Lipinski definition) is 0. The summed E-state index contributed by atoms with van der Waals surface area (Å²) in [7, 11) is 0. The maximum atomic E-state index is 11.9. The van der Waals surface area contributed by atoms with Crippen LogP contribution in [0.25, 0.3) is 0 Å². The lowest BCUT2D eigenvalue weighted by molar-refractivity contribution is -0.128. The van der Waals surface area contributed by atoms with Gasteiger partial charge in [0.2, 0.25) is 0 Å². The van der Waals surface area contributed by atoms with Crippen molar-refractivity contribution < 1.29 is 9.59 Å². The van der Waals surface area contributed by atoms with Crippen molar-refractivity contribution >= 4 is 23.3 Å². The van der Waals surface area contributed by atoms with E-state index >= 15 is 0 Å². The van der Waals surface area contributed by atoms with E-state index in [-0.39, 0.29) is 17.5 Å². The molecule has 0 aliphatic heterocycles. The minimum absolute atomic E-state index is 0.0144. The van der Waals surface area contributed by atoms with Crippen molar-refractivity contribution in [3.05, 3.63) is 23.0 Å². The molecule has 2 nitrogen and oxygen atoms in total. The number of carbonyl (C=O) groups is 2. The molecule has 0 radical (unpaired) electrons. The number of rotatable bonds is 5. The van der Waals surface area contributed by atoms with E-state index in [1.165, 1.54) is 11.8 Å². The van der Waals surface area contributed by atoms with Gasteiger partial charge in [0, 0.05) is 23.7 Å². The highest BCUT2D eigenvalue weighted by Gasteiger charge is 2.28. The van der Waals surface area contributed by atoms with E-state index in [9.17, 15) is 9.59 Å². The average molecular weight is 252 g/mol. The van der Waals surface area contributed by atoms with Gasteiger partial charge in [0.1, 0.15) is 5.78 Å². The highest BCUT2D eigenvalue weighted by molar-refractivity contribution is 8.06. The summed E-state index contributed by atoms with van der Waals surface area (Å²) >= 11 is 1.34. The SMILES string of the molecule is C=C(S/C=C\C)C(=O)CC1CC(C)CCC1=O. The van der Waals surface area contributed by atoms with Crippen LogP contribution in [-0.4, -0.2) is 11.6 Å². The predicted molar refractivity (Wildman–Crippen MR) is 72.7 cm³/mol. The van der Waals surface area contributed by atoms with Gasteiger partial charge in [-0.3, -0.25) is 9.59 Å². The fraction of sp³-hybridized carbons (Fsp3) is 0.571. The monoisotopic (exact) mass is 252 g/mol. The largest absolute Gasteiger partial charge is 0.299 e. The quantitative estimate of drug-likeness (QED) is 0.699. The highest BCUT2D eigenvalue weighted by Crippen LogP contribution is 2.30. The first-order valence-corrected chi connectivity index (χ1v) is 6.95. The second kappa shape index (κ2) is 6.80. The molecule has 2 atom stereocenters. The van der Waals surface area contributed by atoms with E-state index in [4.69, 9.17) is 0 Å². The van der Waals surface area contributed by atoms with Crippen LogP contribution in [0.5, 0.6) is 0 Å². The van der Waals surface area contributed by atoms with Gasteiger partial charge >= 0.3 is 0 Å². The van der Waals surface area contributed by atoms with Crippen molar-refractivity contribution in [3.8, 4) is 0 Å². The van der Waals surface area contributed by atoms with Crippen molar-refractivity contribution in [1.82, 2.24) is 0 Å². The Bertz CT molecular complexity index is 344. The number of carbonyl (C=O) groups excluding carboxylic acids is 2. The molecule has 0 saturated heterocycles. The van der Waals surface area contributed by atoms with Crippen molar-refractivity contribution in [3.63, 3.8) is 0 Å². The maximum Gasteiger partial charge on any atom is 0.169 e. The van der Waals surface area contributed by atoms with Gasteiger partial charge in [0.05, 0.1) is 0 Å². The van der Waals surface area contributed by atoms with Crippen LogP contribution in [0.1, 0.15) is 39.5 Å². The summed E-state index contributed by atoms with van der Waals surface area (Å²) in [5.74, 6) is 0.747. The van der Waals surface area contributed by atoms with E-state index < -0.39 is 0 Å². The third-order valence-electron chi connectivity index (χ3n) is 3.11. The second-order valence-corrected chi connectivity index (χ2v) is 5.68. The van der Waals surface area contributed by atoms with Gasteiger partial charge in [-0.25, -0.2) is 0 Å². The van der Waals surface area contributed by atoms with Gasteiger partial charge in [-0.2, -0.15) is 0 Å². The molecule has 17 heavy (non-hydrogen) atoms. The summed E-state index contributed by atoms with van der Waals surface area (Å²) in [6.45, 7) is 7.80. The van der Waals surface area contributed by atoms with Crippen molar-refractivity contribution in [2.75, 3.05) is 0 Å². The summed E-state index contributed by atoms with van der Waals surface area (Å²) in [6, 6.07) is 0. The number of thioether (sulfide) groups is 1. The molecule has 0 aromatic carbocycles. The molecule has 0 heterocycles. The molecule has 1 fully saturated rings. The number of allylic oxidation sites excluding steroid dienone is 2. The third kappa shape index (κ3) is 4.50. The van der Waals surface area contributed by atoms with Gasteiger partial charge in [0.25, 0.3) is 0 Å². The first kappa shape index (κ1) is 14.2. The van der Waals surface area contributed by atoms with Crippen LogP contribution in [-0.2, 0) is 9.59 Å². The Balaban J connectivity index is 2.49. The molecule has 0 aromatic rings. The number of hydrogen-bond acceptors (Lipinski definition) is 3. The first-order chi connectivity index (χ1) is 8.04. The van der Waals surface area contributed by atoms with Crippen LogP contribution in [0.2, 0.25) is 0 Å². The normalized spacial score (nSPS) is 25.2. The van der Waals surface area contributed by atoms with Gasteiger partial charge in [0.15, 0.2) is 5.78 Å². The van der Waals surface area contributed by atoms with Gasteiger partial charge < -0.3 is 0 Å². The van der Waals surface area contributed by atoms with E-state index in [2.05, 4.69) is 13.5 Å². The topological polar surface area (TPSA) is 34.1 Å². The lowest BCUT2D eigenvalue weighted by atomic mass is 9.79. The fourth-order valence-electron chi connectivity index (χ4n) is 2.08. The predicted octanol–water partition coefficient (Wildman–Crippen LogP) is 3.73. The van der Waals surface area contributed by atoms with Crippen molar-refractivity contribution in [2.45, 2.75) is 39.5 Å². The fourth-order valence-corrected chi connectivity index (χ4v) is 2.59. The van der Waals surface area contributed by atoms with Gasteiger partial charge in [-0.1, -0.05) is 31.3 Å². The average Bonchev–Trinajstić information content (AvgIpc) is 2.30. The Labute approximate surface area is 108 Å². The van der Waals surface area contributed by atoms with E-state index in [1.54, 1.807) is 0 Å². The molecule has 1 aliphatic carbocycles. The second-order valence-electron chi connectivity index (χ2n) is 4.68. The standard InChI is InChI=1S/C14H20O2S/c1-4-7-17-11(3)14(16)9-12-8-10(2)5-6-13(12)15/h4,7,10,12H,3,5-6,8-9H2,1-2H3/b7-4-. The molecule has 0 spiro atoms. The van der Waals surface area contributed by atoms with E-state index in [1.807, 2.05) is 18.4 Å². The van der Waals surface area contributed by atoms with Crippen LogP contribution in [0.15, 0.2) is 23.0 Å². The van der Waals surface area contributed by atoms with Crippen LogP contribution in [0.4, 0.5) is 0 Å². The Morgan fingerprint density at radius 3 is 2.94 bits per heavy atom. The summed E-state index contributed by atoms with van der Waals surface area (Å²) in [6.07, 6.45) is 4.67. The van der Waals surface area contributed by atoms with Crippen LogP contribution >= 0.6 is 11.8 Å². The molecule has 1 aliphatic rings. The summed E-state index contributed by atoms with van der Waals surface area (Å²) in [5.41, 5.74) is 0. The Kier molecular flexibility index (Phi) is 5.69. The zero-order valence-electron chi connectivity index (χ0n) is 10.6. The molecule has 0 aromatic heterocycles. The Morgan fingerprint density at radius 1 is 1.59 bits per heavy atom. The van der Waals surface area contributed by atoms with Gasteiger partial charge in [-0.15, -0.1) is 0 Å². The van der Waals surface area contributed by atoms with Crippen LogP contribution in [0.3, 0.4) is 0 Å². The summed E-state index contributed by atoms with van der Waals surface area (Å²) in [5, 5.41) is 1.84. The lowest BCUT2D eigenvalue weighted by Gasteiger charge is -2.25. The molecule has 94 valence electrons. The van der Waals surface area contributed by atoms with E-state index in [0.717, 1.165) is 12.8 Å². The highest BCUT2D eigenvalue weighted by atomic mass is 32.2. The number of Topliss-reactive ketones (excluding diaryl/α,β-unsaturated/α-hetero) is 2. The zero-order chi connectivity index (χ0) is 12.8. The van der Waals surface area contributed by atoms with Crippen LogP contribution in [0, 0.1) is 11.8 Å². The molecule has 0 N–H and O–H groups in total. The molecule has 0 bridgehead atoms. The molecular formula is C14H20O2S. The van der Waals surface area contributed by atoms with Gasteiger partial charge in [-0.05, 0) is 31.1 Å². The Hall–Kier alpha value is -0.830. The summed E-state index contributed by atoms with van der Waals surface area (Å²) < 4.78 is 0. The van der Waals surface area contributed by atoms with Crippen molar-refractivity contribution in [2.24, 2.45) is 11.8 Å². The Morgan fingerprint density at radius 2 is 2.29 bits per heavy atom. The third-order valence-corrected chi connectivity index (χ3v) is 4.04. The number of ketones is 2. The first-order valence-electron chi connectivity index (χ1n) is 6.07. The molecule has 3 heteroatoms. The lowest BCUT2D eigenvalue weighted by Crippen LogP contribution is -2.26. The minimum atomic E-state index is -0.0748. The maximum absolute atomic E-state index is 11.9. The summed E-state index contributed by atoms with van der Waals surface area (Å²) in [4.78, 5) is 24.1.